The van der Waals surface area contributed by atoms with Crippen molar-refractivity contribution < 1.29 is 14.4 Å². The van der Waals surface area contributed by atoms with Crippen LogP contribution in [0.3, 0.4) is 0 Å². The van der Waals surface area contributed by atoms with Gasteiger partial charge in [0.2, 0.25) is 5.91 Å². The number of unbranched alkanes of at least 4 members (excludes halogenated alkanes) is 3. The molecule has 5 heteroatoms. The summed E-state index contributed by atoms with van der Waals surface area (Å²) in [5, 5.41) is 8.41. The van der Waals surface area contributed by atoms with Gasteiger partial charge in [-0.25, -0.2) is 9.87 Å². The number of likely N-dealkylation sites (tertiary alicyclic amines) is 1. The smallest absolute Gasteiger partial charge is 0.243 e. The molecule has 0 spiro atoms. The Hall–Kier alpha value is -1.46. The number of nitrogens with zero attached hydrogens (tertiary/aromatic N) is 1. The van der Waals surface area contributed by atoms with E-state index in [1.165, 1.54) is 18.4 Å². The average molecular weight is 322 g/mol. The van der Waals surface area contributed by atoms with E-state index in [1.54, 1.807) is 17.6 Å². The minimum Gasteiger partial charge on any atom is -0.303 e. The van der Waals surface area contributed by atoms with E-state index in [4.69, 9.17) is 5.21 Å². The normalized spacial score (nSPS) is 18.8. The summed E-state index contributed by atoms with van der Waals surface area (Å²) in [6.07, 6.45) is 6.85. The molecule has 128 valence electrons. The molecule has 1 heterocycles. The van der Waals surface area contributed by atoms with E-state index in [-0.39, 0.29) is 11.7 Å². The number of amides is 1. The van der Waals surface area contributed by atoms with E-state index in [1.807, 2.05) is 12.1 Å². The van der Waals surface area contributed by atoms with Gasteiger partial charge in [-0.1, -0.05) is 25.0 Å². The molecule has 23 heavy (non-hydrogen) atoms. The molecular weight excluding hydrogens is 295 g/mol. The minimum absolute atomic E-state index is 0.170. The van der Waals surface area contributed by atoms with E-state index >= 15 is 0 Å². The summed E-state index contributed by atoms with van der Waals surface area (Å²) in [7, 11) is 0. The standard InChI is InChI=1S/C18H27FN2O2/c19-17-10-8-15(9-11-17)16-6-5-13-21(14-16)12-4-2-1-3-7-18(22)20-23/h8-11,16,23H,1-7,12-14H2,(H,20,22). The highest BCUT2D eigenvalue weighted by Gasteiger charge is 2.20. The summed E-state index contributed by atoms with van der Waals surface area (Å²) in [5.74, 6) is 0.0389. The van der Waals surface area contributed by atoms with Crippen molar-refractivity contribution in [3.05, 3.63) is 35.6 Å². The molecular formula is C18H27FN2O2. The highest BCUT2D eigenvalue weighted by atomic mass is 19.1. The third-order valence-electron chi connectivity index (χ3n) is 4.60. The molecule has 0 saturated carbocycles. The van der Waals surface area contributed by atoms with Gasteiger partial charge in [-0.05, 0) is 62.4 Å². The summed E-state index contributed by atoms with van der Waals surface area (Å²) in [5.41, 5.74) is 2.90. The monoisotopic (exact) mass is 322 g/mol. The zero-order valence-corrected chi connectivity index (χ0v) is 13.6. The number of carbonyl (C=O) groups excluding carboxylic acids is 1. The van der Waals surface area contributed by atoms with Crippen LogP contribution in [0.2, 0.25) is 0 Å². The quantitative estimate of drug-likeness (QED) is 0.438. The van der Waals surface area contributed by atoms with Gasteiger partial charge in [0.15, 0.2) is 0 Å². The summed E-state index contributed by atoms with van der Waals surface area (Å²) >= 11 is 0. The first kappa shape index (κ1) is 17.9. The molecule has 1 amide bonds. The van der Waals surface area contributed by atoms with Gasteiger partial charge in [0.1, 0.15) is 5.82 Å². The van der Waals surface area contributed by atoms with Gasteiger partial charge in [0, 0.05) is 13.0 Å². The molecule has 2 rings (SSSR count). The summed E-state index contributed by atoms with van der Waals surface area (Å²) in [6.45, 7) is 3.28. The Morgan fingerprint density at radius 1 is 1.22 bits per heavy atom. The number of hydroxylamine groups is 1. The van der Waals surface area contributed by atoms with Crippen LogP contribution in [0.15, 0.2) is 24.3 Å². The van der Waals surface area contributed by atoms with Crippen LogP contribution in [-0.2, 0) is 4.79 Å². The first-order valence-electron chi connectivity index (χ1n) is 8.60. The SMILES string of the molecule is O=C(CCCCCCN1CCCC(c2ccc(F)cc2)C1)NO. The van der Waals surface area contributed by atoms with Crippen LogP contribution in [0.1, 0.15) is 56.4 Å². The van der Waals surface area contributed by atoms with Crippen molar-refractivity contribution in [2.24, 2.45) is 0 Å². The van der Waals surface area contributed by atoms with E-state index in [0.29, 0.717) is 12.3 Å². The van der Waals surface area contributed by atoms with Crippen LogP contribution >= 0.6 is 0 Å². The van der Waals surface area contributed by atoms with E-state index < -0.39 is 0 Å². The van der Waals surface area contributed by atoms with Crippen LogP contribution in [0.5, 0.6) is 0 Å². The van der Waals surface area contributed by atoms with Crippen molar-refractivity contribution >= 4 is 5.91 Å². The predicted molar refractivity (Wildman–Crippen MR) is 87.8 cm³/mol. The summed E-state index contributed by atoms with van der Waals surface area (Å²) < 4.78 is 13.0. The fourth-order valence-electron chi connectivity index (χ4n) is 3.30. The number of benzene rings is 1. The molecule has 0 bridgehead atoms. The lowest BCUT2D eigenvalue weighted by molar-refractivity contribution is -0.129. The largest absolute Gasteiger partial charge is 0.303 e. The number of nitrogens with one attached hydrogen (secondary N) is 1. The van der Waals surface area contributed by atoms with Crippen LogP contribution in [0, 0.1) is 5.82 Å². The maximum absolute atomic E-state index is 13.0. The molecule has 1 aliphatic heterocycles. The van der Waals surface area contributed by atoms with Crippen LogP contribution in [0.4, 0.5) is 4.39 Å². The van der Waals surface area contributed by atoms with E-state index in [0.717, 1.165) is 45.3 Å². The summed E-state index contributed by atoms with van der Waals surface area (Å²) in [4.78, 5) is 13.4. The van der Waals surface area contributed by atoms with Crippen LogP contribution in [-0.4, -0.2) is 35.6 Å². The highest BCUT2D eigenvalue weighted by Crippen LogP contribution is 2.27. The van der Waals surface area contributed by atoms with E-state index in [9.17, 15) is 9.18 Å². The second kappa shape index (κ2) is 9.63. The van der Waals surface area contributed by atoms with Crippen molar-refractivity contribution in [2.75, 3.05) is 19.6 Å². The average Bonchev–Trinajstić information content (AvgIpc) is 2.58. The van der Waals surface area contributed by atoms with Gasteiger partial charge in [-0.3, -0.25) is 10.0 Å². The molecule has 1 atom stereocenters. The molecule has 4 nitrogen and oxygen atoms in total. The van der Waals surface area contributed by atoms with Gasteiger partial charge in [0.25, 0.3) is 0 Å². The molecule has 1 aliphatic rings. The maximum atomic E-state index is 13.0. The second-order valence-corrected chi connectivity index (χ2v) is 6.39. The number of hydrogen-bond donors (Lipinski definition) is 2. The van der Waals surface area contributed by atoms with Gasteiger partial charge in [-0.2, -0.15) is 0 Å². The Balaban J connectivity index is 1.64. The van der Waals surface area contributed by atoms with Crippen molar-refractivity contribution in [1.82, 2.24) is 10.4 Å². The number of rotatable bonds is 8. The Morgan fingerprint density at radius 3 is 2.70 bits per heavy atom. The lowest BCUT2D eigenvalue weighted by Gasteiger charge is -2.33. The molecule has 1 aromatic rings. The molecule has 0 aliphatic carbocycles. The van der Waals surface area contributed by atoms with Gasteiger partial charge in [-0.15, -0.1) is 0 Å². The fraction of sp³-hybridized carbons (Fsp3) is 0.611. The lowest BCUT2D eigenvalue weighted by atomic mass is 9.90. The Bertz CT molecular complexity index is 478. The van der Waals surface area contributed by atoms with Crippen LogP contribution in [0.25, 0.3) is 0 Å². The zero-order valence-electron chi connectivity index (χ0n) is 13.6. The van der Waals surface area contributed by atoms with Crippen molar-refractivity contribution in [1.29, 1.82) is 0 Å². The minimum atomic E-state index is -0.303. The van der Waals surface area contributed by atoms with E-state index in [2.05, 4.69) is 4.90 Å². The Labute approximate surface area is 137 Å². The first-order valence-corrected chi connectivity index (χ1v) is 8.60. The molecule has 1 saturated heterocycles. The molecule has 1 unspecified atom stereocenters. The fourth-order valence-corrected chi connectivity index (χ4v) is 3.30. The number of carbonyl (C=O) groups is 1. The van der Waals surface area contributed by atoms with Gasteiger partial charge < -0.3 is 4.90 Å². The predicted octanol–water partition coefficient (Wildman–Crippen LogP) is 3.46. The maximum Gasteiger partial charge on any atom is 0.243 e. The molecule has 0 radical (unpaired) electrons. The van der Waals surface area contributed by atoms with Crippen LogP contribution < -0.4 is 5.48 Å². The zero-order chi connectivity index (χ0) is 16.5. The molecule has 2 N–H and O–H groups in total. The molecule has 1 aromatic carbocycles. The van der Waals surface area contributed by atoms with Gasteiger partial charge in [0.05, 0.1) is 0 Å². The highest BCUT2D eigenvalue weighted by molar-refractivity contribution is 5.74. The van der Waals surface area contributed by atoms with Gasteiger partial charge >= 0.3 is 0 Å². The molecule has 0 aromatic heterocycles. The Morgan fingerprint density at radius 2 is 1.96 bits per heavy atom. The van der Waals surface area contributed by atoms with Crippen molar-refractivity contribution in [2.45, 2.75) is 50.9 Å². The molecule has 1 fully saturated rings. The third-order valence-corrected chi connectivity index (χ3v) is 4.60. The first-order chi connectivity index (χ1) is 11.2. The van der Waals surface area contributed by atoms with Crippen molar-refractivity contribution in [3.63, 3.8) is 0 Å². The number of piperidine rings is 1. The second-order valence-electron chi connectivity index (χ2n) is 6.39. The third kappa shape index (κ3) is 6.28. The summed E-state index contributed by atoms with van der Waals surface area (Å²) in [6, 6.07) is 6.93. The topological polar surface area (TPSA) is 52.6 Å². The lowest BCUT2D eigenvalue weighted by Crippen LogP contribution is -2.35. The Kier molecular flexibility index (Phi) is 7.49. The van der Waals surface area contributed by atoms with Crippen molar-refractivity contribution in [3.8, 4) is 0 Å². The number of hydrogen-bond acceptors (Lipinski definition) is 3. The number of halogens is 1.